The Kier molecular flexibility index (Phi) is 4.26. The van der Waals surface area contributed by atoms with E-state index in [4.69, 9.17) is 22.7 Å². The molecular weight excluding hydrogens is 316 g/mol. The molecule has 0 bridgehead atoms. The first-order valence-electron chi connectivity index (χ1n) is 5.49. The van der Waals surface area contributed by atoms with Crippen LogP contribution in [0.25, 0.3) is 0 Å². The molecule has 0 atom stereocenters. The number of ether oxygens (including phenoxy) is 1. The van der Waals surface area contributed by atoms with Crippen molar-refractivity contribution in [1.82, 2.24) is 0 Å². The van der Waals surface area contributed by atoms with Crippen LogP contribution in [0, 0.1) is 0 Å². The lowest BCUT2D eigenvalue weighted by molar-refractivity contribution is 0.415. The Labute approximate surface area is 126 Å². The zero-order valence-corrected chi connectivity index (χ0v) is 12.9. The Hall–Kier alpha value is -1.64. The van der Waals surface area contributed by atoms with Crippen molar-refractivity contribution in [2.75, 3.05) is 11.8 Å². The minimum atomic E-state index is -3.65. The van der Waals surface area contributed by atoms with Gasteiger partial charge in [0.05, 0.1) is 17.7 Å². The van der Waals surface area contributed by atoms with Gasteiger partial charge in [-0.1, -0.05) is 18.3 Å². The number of rotatable bonds is 5. The molecule has 0 aliphatic heterocycles. The lowest BCUT2D eigenvalue weighted by Crippen LogP contribution is -2.11. The molecular formula is C12H12N2O3S3. The number of hydrogen-bond acceptors (Lipinski definition) is 5. The van der Waals surface area contributed by atoms with Gasteiger partial charge in [0.25, 0.3) is 10.0 Å². The van der Waals surface area contributed by atoms with Crippen LogP contribution in [0.15, 0.2) is 40.6 Å². The second-order valence-electron chi connectivity index (χ2n) is 3.82. The normalized spacial score (nSPS) is 11.1. The van der Waals surface area contributed by atoms with Gasteiger partial charge in [0.15, 0.2) is 0 Å². The number of hydrogen-bond donors (Lipinski definition) is 2. The van der Waals surface area contributed by atoms with E-state index in [0.29, 0.717) is 16.3 Å². The Morgan fingerprint density at radius 3 is 2.70 bits per heavy atom. The van der Waals surface area contributed by atoms with Gasteiger partial charge in [-0.2, -0.15) is 0 Å². The van der Waals surface area contributed by atoms with Gasteiger partial charge in [-0.15, -0.1) is 11.3 Å². The summed E-state index contributed by atoms with van der Waals surface area (Å²) in [6, 6.07) is 9.73. The average Bonchev–Trinajstić information content (AvgIpc) is 2.89. The fourth-order valence-corrected chi connectivity index (χ4v) is 3.89. The lowest BCUT2D eigenvalue weighted by Gasteiger charge is -2.07. The van der Waals surface area contributed by atoms with Gasteiger partial charge in [0.2, 0.25) is 0 Å². The van der Waals surface area contributed by atoms with E-state index < -0.39 is 10.0 Å². The summed E-state index contributed by atoms with van der Waals surface area (Å²) in [5, 5.41) is 0. The molecule has 0 saturated heterocycles. The summed E-state index contributed by atoms with van der Waals surface area (Å²) in [7, 11) is -2.14. The van der Waals surface area contributed by atoms with Crippen LogP contribution < -0.4 is 15.2 Å². The third-order valence-corrected chi connectivity index (χ3v) is 5.75. The number of benzene rings is 1. The van der Waals surface area contributed by atoms with Crippen LogP contribution in [0.2, 0.25) is 0 Å². The molecule has 0 radical (unpaired) electrons. The summed E-state index contributed by atoms with van der Waals surface area (Å²) in [4.78, 5) is 0.740. The van der Waals surface area contributed by atoms with Crippen molar-refractivity contribution in [3.63, 3.8) is 0 Å². The summed E-state index contributed by atoms with van der Waals surface area (Å²) in [6.45, 7) is 0. The molecule has 0 unspecified atom stereocenters. The maximum atomic E-state index is 12.2. The van der Waals surface area contributed by atoms with Gasteiger partial charge in [-0.05, 0) is 24.3 Å². The van der Waals surface area contributed by atoms with Gasteiger partial charge in [-0.25, -0.2) is 8.42 Å². The van der Waals surface area contributed by atoms with Crippen molar-refractivity contribution < 1.29 is 13.2 Å². The molecule has 8 heteroatoms. The first-order chi connectivity index (χ1) is 9.42. The molecule has 0 amide bonds. The second-order valence-corrected chi connectivity index (χ2v) is 7.25. The summed E-state index contributed by atoms with van der Waals surface area (Å²) >= 11 is 5.85. The van der Waals surface area contributed by atoms with Crippen LogP contribution in [0.1, 0.15) is 4.88 Å². The molecule has 1 heterocycles. The Balaban J connectivity index is 2.27. The first-order valence-corrected chi connectivity index (χ1v) is 8.19. The van der Waals surface area contributed by atoms with Crippen molar-refractivity contribution in [1.29, 1.82) is 0 Å². The fraction of sp³-hybridized carbons (Fsp3) is 0.0833. The smallest absolute Gasteiger partial charge is 0.271 e. The largest absolute Gasteiger partial charge is 0.497 e. The van der Waals surface area contributed by atoms with E-state index in [0.717, 1.165) is 11.3 Å². The quantitative estimate of drug-likeness (QED) is 0.822. The molecule has 20 heavy (non-hydrogen) atoms. The number of methoxy groups -OCH3 is 1. The minimum Gasteiger partial charge on any atom is -0.497 e. The van der Waals surface area contributed by atoms with Crippen molar-refractivity contribution in [3.8, 4) is 5.75 Å². The second kappa shape index (κ2) is 5.78. The van der Waals surface area contributed by atoms with Crippen molar-refractivity contribution >= 4 is 44.3 Å². The predicted octanol–water partition coefficient (Wildman–Crippen LogP) is 2.19. The molecule has 2 aromatic rings. The van der Waals surface area contributed by atoms with Gasteiger partial charge < -0.3 is 10.5 Å². The number of sulfonamides is 1. The molecule has 1 aromatic carbocycles. The van der Waals surface area contributed by atoms with E-state index in [1.54, 1.807) is 30.3 Å². The number of anilines is 1. The third kappa shape index (κ3) is 3.27. The molecule has 106 valence electrons. The molecule has 0 aliphatic rings. The lowest BCUT2D eigenvalue weighted by atomic mass is 10.3. The van der Waals surface area contributed by atoms with E-state index in [2.05, 4.69) is 4.72 Å². The van der Waals surface area contributed by atoms with E-state index in [1.807, 2.05) is 0 Å². The molecule has 0 aliphatic carbocycles. The number of thiophene rings is 1. The first kappa shape index (κ1) is 14.8. The highest BCUT2D eigenvalue weighted by molar-refractivity contribution is 7.94. The maximum absolute atomic E-state index is 12.2. The van der Waals surface area contributed by atoms with Crippen LogP contribution in [0.5, 0.6) is 5.75 Å². The highest BCUT2D eigenvalue weighted by Crippen LogP contribution is 2.25. The van der Waals surface area contributed by atoms with Gasteiger partial charge in [0.1, 0.15) is 14.9 Å². The highest BCUT2D eigenvalue weighted by Gasteiger charge is 2.17. The van der Waals surface area contributed by atoms with Crippen LogP contribution in [0.3, 0.4) is 0 Å². The van der Waals surface area contributed by atoms with E-state index in [1.165, 1.54) is 13.2 Å². The van der Waals surface area contributed by atoms with Gasteiger partial charge in [0, 0.05) is 6.07 Å². The predicted molar refractivity (Wildman–Crippen MR) is 84.0 cm³/mol. The van der Waals surface area contributed by atoms with Crippen molar-refractivity contribution in [2.45, 2.75) is 4.21 Å². The maximum Gasteiger partial charge on any atom is 0.271 e. The van der Waals surface area contributed by atoms with Crippen molar-refractivity contribution in [2.24, 2.45) is 5.73 Å². The van der Waals surface area contributed by atoms with Crippen LogP contribution >= 0.6 is 23.6 Å². The standard InChI is InChI=1S/C12H12N2O3S3/c1-17-9-4-2-3-8(7-9)14-20(15,16)11-6-5-10(19-11)12(13)18/h2-7,14H,1H3,(H2,13,18). The molecule has 0 fully saturated rings. The summed E-state index contributed by atoms with van der Waals surface area (Å²) in [5.74, 6) is 0.570. The Morgan fingerprint density at radius 1 is 1.35 bits per heavy atom. The van der Waals surface area contributed by atoms with Crippen LogP contribution in [-0.4, -0.2) is 20.5 Å². The van der Waals surface area contributed by atoms with Gasteiger partial charge >= 0.3 is 0 Å². The monoisotopic (exact) mass is 328 g/mol. The molecule has 5 nitrogen and oxygen atoms in total. The van der Waals surface area contributed by atoms with Crippen LogP contribution in [0.4, 0.5) is 5.69 Å². The van der Waals surface area contributed by atoms with E-state index in [9.17, 15) is 8.42 Å². The molecule has 2 rings (SSSR count). The Morgan fingerprint density at radius 2 is 2.10 bits per heavy atom. The molecule has 1 aromatic heterocycles. The van der Waals surface area contributed by atoms with Gasteiger partial charge in [-0.3, -0.25) is 4.72 Å². The van der Waals surface area contributed by atoms with E-state index >= 15 is 0 Å². The third-order valence-electron chi connectivity index (χ3n) is 2.41. The van der Waals surface area contributed by atoms with Crippen LogP contribution in [-0.2, 0) is 10.0 Å². The zero-order chi connectivity index (χ0) is 14.8. The summed E-state index contributed by atoms with van der Waals surface area (Å²) in [5.41, 5.74) is 5.90. The average molecular weight is 328 g/mol. The minimum absolute atomic E-state index is 0.156. The fourth-order valence-electron chi connectivity index (χ4n) is 1.49. The number of nitrogens with one attached hydrogen (secondary N) is 1. The topological polar surface area (TPSA) is 81.4 Å². The Bertz CT molecular complexity index is 738. The SMILES string of the molecule is COc1cccc(NS(=O)(=O)c2ccc(C(N)=S)s2)c1. The number of nitrogens with two attached hydrogens (primary N) is 1. The summed E-state index contributed by atoms with van der Waals surface area (Å²) in [6.07, 6.45) is 0. The summed E-state index contributed by atoms with van der Waals surface area (Å²) < 4.78 is 32.1. The zero-order valence-electron chi connectivity index (χ0n) is 10.5. The highest BCUT2D eigenvalue weighted by atomic mass is 32.2. The molecule has 3 N–H and O–H groups in total. The van der Waals surface area contributed by atoms with Crippen molar-refractivity contribution in [3.05, 3.63) is 41.3 Å². The van der Waals surface area contributed by atoms with E-state index in [-0.39, 0.29) is 9.20 Å². The molecule has 0 spiro atoms. The molecule has 0 saturated carbocycles. The number of thiocarbonyl (C=S) groups is 1.